The SMILES string of the molecule is CC(C)NC(=O)C1CCc2c(sc3ncnc(Nc4cnc(N)c(C=N)c4)c23)C1. The second kappa shape index (κ2) is 7.75. The normalized spacial score (nSPS) is 15.9. The van der Waals surface area contributed by atoms with Crippen LogP contribution in [0.5, 0.6) is 0 Å². The third kappa shape index (κ3) is 3.77. The molecule has 0 fully saturated rings. The van der Waals surface area contributed by atoms with Gasteiger partial charge in [0.2, 0.25) is 5.91 Å². The number of rotatable bonds is 5. The van der Waals surface area contributed by atoms with Gasteiger partial charge in [-0.05, 0) is 44.7 Å². The predicted octanol–water partition coefficient (Wildman–Crippen LogP) is 3.04. The van der Waals surface area contributed by atoms with Gasteiger partial charge in [0.1, 0.15) is 22.8 Å². The third-order valence-electron chi connectivity index (χ3n) is 5.01. The number of fused-ring (bicyclic) bond motifs is 3. The second-order valence-electron chi connectivity index (χ2n) is 7.48. The van der Waals surface area contributed by atoms with Crippen molar-refractivity contribution >= 4 is 51.0 Å². The number of nitrogens with two attached hydrogens (primary N) is 1. The van der Waals surface area contributed by atoms with Crippen molar-refractivity contribution in [2.45, 2.75) is 39.2 Å². The van der Waals surface area contributed by atoms with Crippen molar-refractivity contribution in [3.63, 3.8) is 0 Å². The summed E-state index contributed by atoms with van der Waals surface area (Å²) in [5.41, 5.74) is 8.26. The Morgan fingerprint density at radius 3 is 2.97 bits per heavy atom. The average molecular weight is 410 g/mol. The van der Waals surface area contributed by atoms with Gasteiger partial charge >= 0.3 is 0 Å². The van der Waals surface area contributed by atoms with Crippen LogP contribution in [0.3, 0.4) is 0 Å². The summed E-state index contributed by atoms with van der Waals surface area (Å²) < 4.78 is 0. The number of amides is 1. The molecule has 3 aromatic rings. The molecule has 1 atom stereocenters. The summed E-state index contributed by atoms with van der Waals surface area (Å²) in [7, 11) is 0. The summed E-state index contributed by atoms with van der Waals surface area (Å²) in [6.45, 7) is 3.96. The van der Waals surface area contributed by atoms with Gasteiger partial charge in [0.15, 0.2) is 0 Å². The molecular formula is C20H23N7OS. The number of hydrogen-bond acceptors (Lipinski definition) is 8. The van der Waals surface area contributed by atoms with Gasteiger partial charge in [-0.2, -0.15) is 0 Å². The number of thiophene rings is 1. The molecule has 0 radical (unpaired) electrons. The minimum atomic E-state index is -0.00113. The van der Waals surface area contributed by atoms with Crippen LogP contribution in [0.2, 0.25) is 0 Å². The molecule has 0 spiro atoms. The number of carbonyl (C=O) groups is 1. The zero-order valence-electron chi connectivity index (χ0n) is 16.3. The summed E-state index contributed by atoms with van der Waals surface area (Å²) >= 11 is 1.63. The molecule has 0 aliphatic heterocycles. The lowest BCUT2D eigenvalue weighted by Crippen LogP contribution is -2.37. The van der Waals surface area contributed by atoms with Crippen molar-refractivity contribution in [2.75, 3.05) is 11.1 Å². The number of nitrogens with one attached hydrogen (secondary N) is 3. The van der Waals surface area contributed by atoms with Crippen LogP contribution < -0.4 is 16.4 Å². The van der Waals surface area contributed by atoms with Gasteiger partial charge in [-0.15, -0.1) is 11.3 Å². The van der Waals surface area contributed by atoms with Gasteiger partial charge in [0.05, 0.1) is 17.3 Å². The Bertz CT molecular complexity index is 1090. The summed E-state index contributed by atoms with van der Waals surface area (Å²) in [6, 6.07) is 1.92. The van der Waals surface area contributed by atoms with Crippen LogP contribution in [0.15, 0.2) is 18.6 Å². The molecule has 0 saturated heterocycles. The highest BCUT2D eigenvalue weighted by Crippen LogP contribution is 2.40. The molecule has 1 aliphatic carbocycles. The van der Waals surface area contributed by atoms with E-state index in [0.717, 1.165) is 29.5 Å². The van der Waals surface area contributed by atoms with Crippen LogP contribution in [0.1, 0.15) is 36.3 Å². The van der Waals surface area contributed by atoms with Crippen LogP contribution in [-0.4, -0.2) is 33.1 Å². The Balaban J connectivity index is 1.66. The molecule has 4 rings (SSSR count). The lowest BCUT2D eigenvalue weighted by atomic mass is 9.87. The van der Waals surface area contributed by atoms with Crippen molar-refractivity contribution < 1.29 is 4.79 Å². The molecular weight excluding hydrogens is 386 g/mol. The first kappa shape index (κ1) is 19.3. The van der Waals surface area contributed by atoms with Gasteiger partial charge in [-0.1, -0.05) is 0 Å². The molecule has 3 heterocycles. The second-order valence-corrected chi connectivity index (χ2v) is 8.56. The number of aromatic nitrogens is 3. The summed E-state index contributed by atoms with van der Waals surface area (Å²) in [6.07, 6.45) is 6.71. The molecule has 0 saturated carbocycles. The Kier molecular flexibility index (Phi) is 5.14. The Hall–Kier alpha value is -3.07. The van der Waals surface area contributed by atoms with Gasteiger partial charge in [0.25, 0.3) is 0 Å². The first-order valence-electron chi connectivity index (χ1n) is 9.55. The molecule has 5 N–H and O–H groups in total. The Labute approximate surface area is 172 Å². The lowest BCUT2D eigenvalue weighted by Gasteiger charge is -2.22. The van der Waals surface area contributed by atoms with Crippen molar-refractivity contribution in [2.24, 2.45) is 5.92 Å². The molecule has 3 aromatic heterocycles. The zero-order chi connectivity index (χ0) is 20.5. The highest BCUT2D eigenvalue weighted by molar-refractivity contribution is 7.19. The van der Waals surface area contributed by atoms with Gasteiger partial charge in [-0.3, -0.25) is 4.79 Å². The minimum absolute atomic E-state index is 0.00113. The monoisotopic (exact) mass is 409 g/mol. The predicted molar refractivity (Wildman–Crippen MR) is 116 cm³/mol. The zero-order valence-corrected chi connectivity index (χ0v) is 17.1. The number of anilines is 3. The van der Waals surface area contributed by atoms with Gasteiger partial charge in [0, 0.05) is 28.6 Å². The Morgan fingerprint density at radius 2 is 2.21 bits per heavy atom. The topological polar surface area (TPSA) is 130 Å². The smallest absolute Gasteiger partial charge is 0.223 e. The Morgan fingerprint density at radius 1 is 1.38 bits per heavy atom. The van der Waals surface area contributed by atoms with E-state index in [-0.39, 0.29) is 17.9 Å². The molecule has 1 unspecified atom stereocenters. The molecule has 0 bridgehead atoms. The number of carbonyl (C=O) groups excluding carboxylic acids is 1. The summed E-state index contributed by atoms with van der Waals surface area (Å²) in [5.74, 6) is 1.15. The highest BCUT2D eigenvalue weighted by Gasteiger charge is 2.29. The maximum absolute atomic E-state index is 12.4. The largest absolute Gasteiger partial charge is 0.383 e. The third-order valence-corrected chi connectivity index (χ3v) is 6.18. The number of nitrogens with zero attached hydrogens (tertiary/aromatic N) is 3. The van der Waals surface area contributed by atoms with Crippen LogP contribution in [0, 0.1) is 11.3 Å². The molecule has 0 aromatic carbocycles. The average Bonchev–Trinajstić information content (AvgIpc) is 3.07. The number of pyridine rings is 1. The standard InChI is InChI=1S/C20H23N7OS/c1-10(2)26-19(28)11-3-4-14-15(6-11)29-20-16(14)18(24-9-25-20)27-13-5-12(7-21)17(22)23-8-13/h5,7-11,21H,3-4,6H2,1-2H3,(H2,22,23)(H,26,28)(H,24,25,27). The van der Waals surface area contributed by atoms with E-state index in [0.29, 0.717) is 22.9 Å². The van der Waals surface area contributed by atoms with E-state index >= 15 is 0 Å². The van der Waals surface area contributed by atoms with E-state index < -0.39 is 0 Å². The maximum atomic E-state index is 12.4. The fourth-order valence-electron chi connectivity index (χ4n) is 3.64. The van der Waals surface area contributed by atoms with Crippen LogP contribution in [-0.2, 0) is 17.6 Å². The molecule has 1 amide bonds. The van der Waals surface area contributed by atoms with Crippen molar-refractivity contribution in [1.29, 1.82) is 5.41 Å². The van der Waals surface area contributed by atoms with Crippen LogP contribution >= 0.6 is 11.3 Å². The molecule has 9 heteroatoms. The van der Waals surface area contributed by atoms with E-state index in [2.05, 4.69) is 25.6 Å². The molecule has 150 valence electrons. The number of aryl methyl sites for hydroxylation is 1. The van der Waals surface area contributed by atoms with Crippen molar-refractivity contribution in [3.05, 3.63) is 34.6 Å². The van der Waals surface area contributed by atoms with E-state index in [1.165, 1.54) is 23.0 Å². The van der Waals surface area contributed by atoms with Crippen molar-refractivity contribution in [1.82, 2.24) is 20.3 Å². The molecule has 8 nitrogen and oxygen atoms in total. The fourth-order valence-corrected chi connectivity index (χ4v) is 4.91. The molecule has 1 aliphatic rings. The summed E-state index contributed by atoms with van der Waals surface area (Å²) in [4.78, 5) is 27.6. The number of nitrogen functional groups attached to an aromatic ring is 1. The fraction of sp³-hybridized carbons (Fsp3) is 0.350. The molecule has 29 heavy (non-hydrogen) atoms. The van der Waals surface area contributed by atoms with E-state index in [1.54, 1.807) is 23.6 Å². The van der Waals surface area contributed by atoms with Gasteiger partial charge in [-0.25, -0.2) is 15.0 Å². The maximum Gasteiger partial charge on any atom is 0.223 e. The van der Waals surface area contributed by atoms with Crippen LogP contribution in [0.4, 0.5) is 17.3 Å². The lowest BCUT2D eigenvalue weighted by molar-refractivity contribution is -0.125. The first-order valence-corrected chi connectivity index (χ1v) is 10.4. The highest BCUT2D eigenvalue weighted by atomic mass is 32.1. The van der Waals surface area contributed by atoms with Gasteiger partial charge < -0.3 is 21.8 Å². The van der Waals surface area contributed by atoms with E-state index in [4.69, 9.17) is 11.1 Å². The first-order chi connectivity index (χ1) is 14.0. The minimum Gasteiger partial charge on any atom is -0.383 e. The van der Waals surface area contributed by atoms with Crippen molar-refractivity contribution in [3.8, 4) is 0 Å². The van der Waals surface area contributed by atoms with Crippen LogP contribution in [0.25, 0.3) is 10.2 Å². The number of hydrogen-bond donors (Lipinski definition) is 4. The quantitative estimate of drug-likeness (QED) is 0.479. The van der Waals surface area contributed by atoms with E-state index in [9.17, 15) is 4.79 Å². The summed E-state index contributed by atoms with van der Waals surface area (Å²) in [5, 5.41) is 14.8. The van der Waals surface area contributed by atoms with E-state index in [1.807, 2.05) is 13.8 Å².